The van der Waals surface area contributed by atoms with E-state index in [9.17, 15) is 14.4 Å². The van der Waals surface area contributed by atoms with Crippen molar-refractivity contribution in [1.29, 1.82) is 0 Å². The minimum absolute atomic E-state index is 0.0207. The molecule has 3 amide bonds. The molecular weight excluding hydrogens is 250 g/mol. The topological polar surface area (TPSA) is 122 Å². The first-order chi connectivity index (χ1) is 8.68. The number of primary amides is 1. The molecule has 1 atom stereocenters. The van der Waals surface area contributed by atoms with Crippen molar-refractivity contribution in [2.24, 2.45) is 5.73 Å². The highest BCUT2D eigenvalue weighted by molar-refractivity contribution is 5.83. The standard InChI is InChI=1S/C12H23N3O4/c1-4-5-6-8(10(17)18)14-11(19)15-12(2,3)7-9(13)16/h8H,4-7H2,1-3H3,(H2,13,16)(H,17,18)(H2,14,15,19). The van der Waals surface area contributed by atoms with Gasteiger partial charge in [0.15, 0.2) is 0 Å². The van der Waals surface area contributed by atoms with Crippen molar-refractivity contribution in [3.05, 3.63) is 0 Å². The van der Waals surface area contributed by atoms with Crippen LogP contribution in [0.2, 0.25) is 0 Å². The Kier molecular flexibility index (Phi) is 6.89. The summed E-state index contributed by atoms with van der Waals surface area (Å²) >= 11 is 0. The smallest absolute Gasteiger partial charge is 0.326 e. The number of hydrogen-bond acceptors (Lipinski definition) is 3. The Labute approximate surface area is 112 Å². The molecule has 0 aromatic heterocycles. The molecule has 0 rings (SSSR count). The van der Waals surface area contributed by atoms with E-state index in [0.717, 1.165) is 6.42 Å². The molecule has 0 aromatic rings. The van der Waals surface area contributed by atoms with Gasteiger partial charge in [0.25, 0.3) is 0 Å². The first-order valence-electron chi connectivity index (χ1n) is 6.27. The maximum atomic E-state index is 11.7. The Bertz CT molecular complexity index is 342. The summed E-state index contributed by atoms with van der Waals surface area (Å²) in [6, 6.07) is -1.54. The number of carboxylic acid groups (broad SMARTS) is 1. The molecule has 0 aliphatic rings. The van der Waals surface area contributed by atoms with Gasteiger partial charge in [-0.2, -0.15) is 0 Å². The van der Waals surface area contributed by atoms with Gasteiger partial charge in [0.05, 0.1) is 0 Å². The highest BCUT2D eigenvalue weighted by Gasteiger charge is 2.25. The van der Waals surface area contributed by atoms with E-state index in [-0.39, 0.29) is 6.42 Å². The fraction of sp³-hybridized carbons (Fsp3) is 0.750. The van der Waals surface area contributed by atoms with Crippen LogP contribution in [0.15, 0.2) is 0 Å². The second kappa shape index (κ2) is 7.60. The normalized spacial score (nSPS) is 12.6. The number of nitrogens with two attached hydrogens (primary N) is 1. The summed E-state index contributed by atoms with van der Waals surface area (Å²) in [5.41, 5.74) is 4.25. The van der Waals surface area contributed by atoms with Gasteiger partial charge >= 0.3 is 12.0 Å². The highest BCUT2D eigenvalue weighted by Crippen LogP contribution is 2.07. The van der Waals surface area contributed by atoms with Crippen molar-refractivity contribution in [2.45, 2.75) is 58.0 Å². The van der Waals surface area contributed by atoms with Gasteiger partial charge in [-0.15, -0.1) is 0 Å². The lowest BCUT2D eigenvalue weighted by atomic mass is 10.0. The molecule has 110 valence electrons. The van der Waals surface area contributed by atoms with Crippen LogP contribution >= 0.6 is 0 Å². The van der Waals surface area contributed by atoms with Gasteiger partial charge in [-0.05, 0) is 20.3 Å². The summed E-state index contributed by atoms with van der Waals surface area (Å²) in [6.07, 6.45) is 1.91. The van der Waals surface area contributed by atoms with E-state index < -0.39 is 29.5 Å². The van der Waals surface area contributed by atoms with Crippen molar-refractivity contribution in [3.63, 3.8) is 0 Å². The quantitative estimate of drug-likeness (QED) is 0.516. The second-order valence-corrected chi connectivity index (χ2v) is 5.16. The van der Waals surface area contributed by atoms with E-state index in [4.69, 9.17) is 10.8 Å². The van der Waals surface area contributed by atoms with E-state index in [1.165, 1.54) is 0 Å². The van der Waals surface area contributed by atoms with Gasteiger partial charge in [0, 0.05) is 12.0 Å². The van der Waals surface area contributed by atoms with Crippen molar-refractivity contribution in [1.82, 2.24) is 10.6 Å². The molecule has 0 saturated heterocycles. The van der Waals surface area contributed by atoms with Crippen LogP contribution < -0.4 is 16.4 Å². The largest absolute Gasteiger partial charge is 0.480 e. The summed E-state index contributed by atoms with van der Waals surface area (Å²) in [5.74, 6) is -1.61. The van der Waals surface area contributed by atoms with E-state index in [1.54, 1.807) is 13.8 Å². The van der Waals surface area contributed by atoms with Crippen molar-refractivity contribution >= 4 is 17.9 Å². The third-order valence-corrected chi connectivity index (χ3v) is 2.52. The van der Waals surface area contributed by atoms with Crippen molar-refractivity contribution in [3.8, 4) is 0 Å². The maximum Gasteiger partial charge on any atom is 0.326 e. The number of hydrogen-bond donors (Lipinski definition) is 4. The van der Waals surface area contributed by atoms with E-state index in [0.29, 0.717) is 12.8 Å². The Morgan fingerprint density at radius 1 is 1.32 bits per heavy atom. The van der Waals surface area contributed by atoms with Crippen LogP contribution in [0.5, 0.6) is 0 Å². The first-order valence-corrected chi connectivity index (χ1v) is 6.27. The van der Waals surface area contributed by atoms with E-state index in [2.05, 4.69) is 10.6 Å². The zero-order valence-corrected chi connectivity index (χ0v) is 11.7. The summed E-state index contributed by atoms with van der Waals surface area (Å²) in [7, 11) is 0. The molecule has 0 aliphatic heterocycles. The van der Waals surface area contributed by atoms with Gasteiger partial charge in [-0.1, -0.05) is 19.8 Å². The average Bonchev–Trinajstić information content (AvgIpc) is 2.20. The zero-order valence-electron chi connectivity index (χ0n) is 11.7. The third-order valence-electron chi connectivity index (χ3n) is 2.52. The lowest BCUT2D eigenvalue weighted by Crippen LogP contribution is -2.53. The lowest BCUT2D eigenvalue weighted by Gasteiger charge is -2.26. The molecule has 0 radical (unpaired) electrons. The predicted octanol–water partition coefficient (Wildman–Crippen LogP) is 0.583. The average molecular weight is 273 g/mol. The number of nitrogens with one attached hydrogen (secondary N) is 2. The Balaban J connectivity index is 4.40. The molecule has 0 saturated carbocycles. The number of urea groups is 1. The summed E-state index contributed by atoms with van der Waals surface area (Å²) < 4.78 is 0. The lowest BCUT2D eigenvalue weighted by molar-refractivity contribution is -0.139. The molecule has 0 fully saturated rings. The molecule has 0 aromatic carbocycles. The molecule has 1 unspecified atom stereocenters. The van der Waals surface area contributed by atoms with E-state index in [1.807, 2.05) is 6.92 Å². The minimum Gasteiger partial charge on any atom is -0.480 e. The second-order valence-electron chi connectivity index (χ2n) is 5.16. The number of amides is 3. The molecule has 0 aliphatic carbocycles. The Hall–Kier alpha value is -1.79. The molecule has 7 nitrogen and oxygen atoms in total. The van der Waals surface area contributed by atoms with Crippen LogP contribution in [0.4, 0.5) is 4.79 Å². The fourth-order valence-electron chi connectivity index (χ4n) is 1.65. The van der Waals surface area contributed by atoms with Crippen LogP contribution in [-0.2, 0) is 9.59 Å². The molecule has 5 N–H and O–H groups in total. The molecule has 0 bridgehead atoms. The predicted molar refractivity (Wildman–Crippen MR) is 70.5 cm³/mol. The van der Waals surface area contributed by atoms with Gasteiger partial charge in [0.2, 0.25) is 5.91 Å². The number of aliphatic carboxylic acids is 1. The summed E-state index contributed by atoms with van der Waals surface area (Å²) in [5, 5.41) is 13.9. The van der Waals surface area contributed by atoms with Crippen LogP contribution in [0.25, 0.3) is 0 Å². The fourth-order valence-corrected chi connectivity index (χ4v) is 1.65. The van der Waals surface area contributed by atoms with Gasteiger partial charge in [-0.25, -0.2) is 9.59 Å². The molecule has 0 spiro atoms. The van der Waals surface area contributed by atoms with Crippen LogP contribution in [0.1, 0.15) is 46.5 Å². The summed E-state index contributed by atoms with van der Waals surface area (Å²) in [4.78, 5) is 33.5. The summed E-state index contributed by atoms with van der Waals surface area (Å²) in [6.45, 7) is 5.22. The SMILES string of the molecule is CCCCC(NC(=O)NC(C)(C)CC(N)=O)C(=O)O. The number of carboxylic acids is 1. The zero-order chi connectivity index (χ0) is 15.1. The monoisotopic (exact) mass is 273 g/mol. The van der Waals surface area contributed by atoms with Gasteiger partial charge in [-0.3, -0.25) is 4.79 Å². The molecule has 0 heterocycles. The number of rotatable bonds is 8. The Morgan fingerprint density at radius 2 is 1.89 bits per heavy atom. The molecular formula is C12H23N3O4. The van der Waals surface area contributed by atoms with Crippen LogP contribution in [0.3, 0.4) is 0 Å². The van der Waals surface area contributed by atoms with E-state index >= 15 is 0 Å². The minimum atomic E-state index is -1.07. The molecule has 19 heavy (non-hydrogen) atoms. The molecule has 7 heteroatoms. The first kappa shape index (κ1) is 17.2. The van der Waals surface area contributed by atoms with Crippen LogP contribution in [-0.4, -0.2) is 34.6 Å². The van der Waals surface area contributed by atoms with Gasteiger partial charge < -0.3 is 21.5 Å². The Morgan fingerprint density at radius 3 is 2.32 bits per heavy atom. The third kappa shape index (κ3) is 8.01. The highest BCUT2D eigenvalue weighted by atomic mass is 16.4. The number of carbonyl (C=O) groups is 3. The van der Waals surface area contributed by atoms with Crippen LogP contribution in [0, 0.1) is 0 Å². The van der Waals surface area contributed by atoms with Crippen molar-refractivity contribution in [2.75, 3.05) is 0 Å². The van der Waals surface area contributed by atoms with Crippen molar-refractivity contribution < 1.29 is 19.5 Å². The number of carbonyl (C=O) groups excluding carboxylic acids is 2. The maximum absolute atomic E-state index is 11.7. The number of unbranched alkanes of at least 4 members (excludes halogenated alkanes) is 1. The van der Waals surface area contributed by atoms with Gasteiger partial charge in [0.1, 0.15) is 6.04 Å².